The molecular formula is C85H51N5O. The summed E-state index contributed by atoms with van der Waals surface area (Å²) in [5.74, 6) is 1.90. The first-order chi connectivity index (χ1) is 45.1. The number of hydrogen-bond donors (Lipinski definition) is 0. The van der Waals surface area contributed by atoms with Crippen molar-refractivity contribution in [3.63, 3.8) is 0 Å². The van der Waals surface area contributed by atoms with Gasteiger partial charge in [-0.1, -0.05) is 267 Å². The zero-order chi connectivity index (χ0) is 59.9. The van der Waals surface area contributed by atoms with Crippen molar-refractivity contribution in [1.29, 1.82) is 0 Å². The van der Waals surface area contributed by atoms with Gasteiger partial charge in [-0.2, -0.15) is 0 Å². The Morgan fingerprint density at radius 3 is 1.19 bits per heavy atom. The lowest BCUT2D eigenvalue weighted by molar-refractivity contribution is 0.669. The maximum absolute atomic E-state index is 6.09. The van der Waals surface area contributed by atoms with Gasteiger partial charge in [0.15, 0.2) is 17.5 Å². The molecule has 6 heteroatoms. The van der Waals surface area contributed by atoms with Gasteiger partial charge in [0.2, 0.25) is 0 Å². The number of para-hydroxylation sites is 1. The number of hydrogen-bond acceptors (Lipinski definition) is 6. The Labute approximate surface area is 522 Å². The number of benzene rings is 16. The Bertz CT molecular complexity index is 6140. The highest BCUT2D eigenvalue weighted by Gasteiger charge is 2.19. The maximum atomic E-state index is 6.09. The molecule has 0 saturated carbocycles. The van der Waals surface area contributed by atoms with E-state index in [-0.39, 0.29) is 0 Å². The number of furan rings is 1. The monoisotopic (exact) mass is 1160 g/mol. The maximum Gasteiger partial charge on any atom is 0.164 e. The highest BCUT2D eigenvalue weighted by atomic mass is 16.3. The van der Waals surface area contributed by atoms with Crippen molar-refractivity contribution in [2.75, 3.05) is 0 Å². The summed E-state index contributed by atoms with van der Waals surface area (Å²) in [7, 11) is 0. The van der Waals surface area contributed by atoms with Crippen LogP contribution in [-0.4, -0.2) is 24.9 Å². The van der Waals surface area contributed by atoms with Crippen LogP contribution in [0.1, 0.15) is 0 Å². The van der Waals surface area contributed by atoms with Crippen LogP contribution in [0.25, 0.3) is 187 Å². The average Bonchev–Trinajstić information content (AvgIpc) is 1.48. The second-order valence-electron chi connectivity index (χ2n) is 23.4. The molecule has 0 fully saturated rings. The van der Waals surface area contributed by atoms with Crippen LogP contribution in [0.2, 0.25) is 0 Å². The van der Waals surface area contributed by atoms with Gasteiger partial charge < -0.3 is 4.42 Å². The lowest BCUT2D eigenvalue weighted by atomic mass is 9.91. The molecule has 0 spiro atoms. The molecule has 19 aromatic rings. The van der Waals surface area contributed by atoms with E-state index in [4.69, 9.17) is 29.3 Å². The molecule has 0 bridgehead atoms. The van der Waals surface area contributed by atoms with Crippen LogP contribution in [-0.2, 0) is 0 Å². The van der Waals surface area contributed by atoms with Crippen molar-refractivity contribution in [3.05, 3.63) is 309 Å². The van der Waals surface area contributed by atoms with Gasteiger partial charge >= 0.3 is 0 Å². The van der Waals surface area contributed by atoms with Crippen molar-refractivity contribution < 1.29 is 4.42 Å². The first-order valence-electron chi connectivity index (χ1n) is 30.8. The van der Waals surface area contributed by atoms with Gasteiger partial charge in [-0.3, -0.25) is 0 Å². The second kappa shape index (κ2) is 21.3. The smallest absolute Gasteiger partial charge is 0.164 e. The molecule has 0 unspecified atom stereocenters. The molecule has 0 aliphatic heterocycles. The van der Waals surface area contributed by atoms with Crippen molar-refractivity contribution in [3.8, 4) is 67.8 Å². The summed E-state index contributed by atoms with van der Waals surface area (Å²) < 4.78 is 6.09. The van der Waals surface area contributed by atoms with Crippen LogP contribution in [0.15, 0.2) is 314 Å². The van der Waals surface area contributed by atoms with Gasteiger partial charge in [0, 0.05) is 38.6 Å². The fourth-order valence-corrected chi connectivity index (χ4v) is 13.7. The first kappa shape index (κ1) is 51.9. The SMILES string of the molecule is c1ccc(-c2nc(-c3ccc4c(ccc5c4ccc4c6ccccc6ccc45)c3)nc(-c3ccc4oc5ccccc5c4c3)n2)cc1.c1ccc(-c2nc3ccc(-c4cccc5c4ccc4c5ccc5c6ccccc6ccc54)cc3nc2-c2ccccc2)cc1. The molecule has 0 radical (unpaired) electrons. The lowest BCUT2D eigenvalue weighted by Gasteiger charge is -2.14. The largest absolute Gasteiger partial charge is 0.456 e. The van der Waals surface area contributed by atoms with Crippen LogP contribution in [0, 0.1) is 0 Å². The van der Waals surface area contributed by atoms with E-state index in [2.05, 4.69) is 224 Å². The summed E-state index contributed by atoms with van der Waals surface area (Å²) in [5, 5.41) is 22.2. The summed E-state index contributed by atoms with van der Waals surface area (Å²) >= 11 is 0. The van der Waals surface area contributed by atoms with E-state index in [9.17, 15) is 0 Å². The van der Waals surface area contributed by atoms with Gasteiger partial charge in [0.05, 0.1) is 22.4 Å². The third kappa shape index (κ3) is 8.91. The average molecular weight is 1160 g/mol. The lowest BCUT2D eigenvalue weighted by Crippen LogP contribution is -2.00. The molecule has 0 aliphatic rings. The fourth-order valence-electron chi connectivity index (χ4n) is 13.7. The predicted octanol–water partition coefficient (Wildman–Crippen LogP) is 22.6. The molecule has 0 N–H and O–H groups in total. The van der Waals surface area contributed by atoms with Gasteiger partial charge in [-0.25, -0.2) is 24.9 Å². The topological polar surface area (TPSA) is 77.6 Å². The minimum atomic E-state index is 0.623. The molecule has 3 heterocycles. The van der Waals surface area contributed by atoms with Crippen LogP contribution < -0.4 is 0 Å². The molecule has 3 aromatic heterocycles. The van der Waals surface area contributed by atoms with Crippen LogP contribution in [0.5, 0.6) is 0 Å². The standard InChI is InChI=1S/C43H25N3O.C42H26N2/c1-2-9-27(10-3-1)41-44-42(46-43(45-41)30-17-23-40-38(25-30)37-12-6-7-13-39(37)47-40)29-16-18-32-28(24-29)15-20-36-34(32)22-21-33-31-11-5-4-8-26(31)14-19-35(33)36;1-3-11-28(12-4-1)41-42(29-13-5-2-6-14-29)44-40-26-30(19-25-39(40)43-41)32-16-9-17-33-35(32)22-24-38-36-20-18-27-10-7-8-15-31(27)34(36)21-23-37(33)38/h1-25H;1-26H. The second-order valence-corrected chi connectivity index (χ2v) is 23.4. The number of rotatable bonds is 6. The van der Waals surface area contributed by atoms with Crippen molar-refractivity contribution in [1.82, 2.24) is 24.9 Å². The minimum Gasteiger partial charge on any atom is -0.456 e. The highest BCUT2D eigenvalue weighted by molar-refractivity contribution is 6.24. The third-order valence-electron chi connectivity index (χ3n) is 18.1. The predicted molar refractivity (Wildman–Crippen MR) is 379 cm³/mol. The van der Waals surface area contributed by atoms with Crippen molar-refractivity contribution in [2.24, 2.45) is 0 Å². The van der Waals surface area contributed by atoms with E-state index in [0.29, 0.717) is 17.5 Å². The Morgan fingerprint density at radius 1 is 0.187 bits per heavy atom. The minimum absolute atomic E-state index is 0.623. The molecule has 19 rings (SSSR count). The molecule has 0 aliphatic carbocycles. The third-order valence-corrected chi connectivity index (χ3v) is 18.1. The normalized spacial score (nSPS) is 11.7. The molecule has 16 aromatic carbocycles. The Hall–Kier alpha value is -12.3. The molecular weight excluding hydrogens is 1110 g/mol. The molecule has 0 amide bonds. The van der Waals surface area contributed by atoms with E-state index in [1.165, 1.54) is 86.4 Å². The molecule has 91 heavy (non-hydrogen) atoms. The van der Waals surface area contributed by atoms with Crippen LogP contribution in [0.3, 0.4) is 0 Å². The van der Waals surface area contributed by atoms with E-state index in [0.717, 1.165) is 83.1 Å². The van der Waals surface area contributed by atoms with E-state index < -0.39 is 0 Å². The zero-order valence-corrected chi connectivity index (χ0v) is 49.1. The summed E-state index contributed by atoms with van der Waals surface area (Å²) in [4.78, 5) is 25.4. The van der Waals surface area contributed by atoms with Gasteiger partial charge in [-0.15, -0.1) is 0 Å². The molecule has 0 atom stereocenters. The summed E-state index contributed by atoms with van der Waals surface area (Å²) in [6.07, 6.45) is 0. The van der Waals surface area contributed by atoms with Gasteiger partial charge in [0.25, 0.3) is 0 Å². The molecule has 0 saturated heterocycles. The van der Waals surface area contributed by atoms with E-state index in [1.54, 1.807) is 0 Å². The summed E-state index contributed by atoms with van der Waals surface area (Å²) in [5.41, 5.74) is 12.5. The highest BCUT2D eigenvalue weighted by Crippen LogP contribution is 2.41. The number of fused-ring (bicyclic) bond motifs is 18. The van der Waals surface area contributed by atoms with E-state index in [1.807, 2.05) is 84.9 Å². The number of aromatic nitrogens is 5. The van der Waals surface area contributed by atoms with Crippen LogP contribution >= 0.6 is 0 Å². The van der Waals surface area contributed by atoms with Crippen molar-refractivity contribution >= 4 is 119 Å². The first-order valence-corrected chi connectivity index (χ1v) is 30.8. The Balaban J connectivity index is 0.000000135. The number of nitrogens with zero attached hydrogens (tertiary/aromatic N) is 5. The molecule has 6 nitrogen and oxygen atoms in total. The zero-order valence-electron chi connectivity index (χ0n) is 49.1. The quantitative estimate of drug-likeness (QED) is 0.154. The van der Waals surface area contributed by atoms with Gasteiger partial charge in [0.1, 0.15) is 11.2 Å². The van der Waals surface area contributed by atoms with Crippen LogP contribution in [0.4, 0.5) is 0 Å². The fraction of sp³-hybridized carbons (Fsp3) is 0. The summed E-state index contributed by atoms with van der Waals surface area (Å²) in [6.45, 7) is 0. The van der Waals surface area contributed by atoms with Crippen molar-refractivity contribution in [2.45, 2.75) is 0 Å². The Kier molecular flexibility index (Phi) is 12.1. The molecule has 422 valence electrons. The van der Waals surface area contributed by atoms with Gasteiger partial charge in [-0.05, 0) is 140 Å². The Morgan fingerprint density at radius 2 is 0.582 bits per heavy atom. The summed E-state index contributed by atoms with van der Waals surface area (Å²) in [6, 6.07) is 109. The van der Waals surface area contributed by atoms with E-state index >= 15 is 0 Å².